The molecule has 112 valence electrons. The van der Waals surface area contributed by atoms with Gasteiger partial charge in [-0.1, -0.05) is 18.9 Å². The Morgan fingerprint density at radius 3 is 2.80 bits per heavy atom. The second-order valence-electron chi connectivity index (χ2n) is 5.72. The predicted octanol–water partition coefficient (Wildman–Crippen LogP) is 2.48. The van der Waals surface area contributed by atoms with Crippen molar-refractivity contribution in [2.24, 2.45) is 0 Å². The van der Waals surface area contributed by atoms with Crippen LogP contribution in [0.5, 0.6) is 0 Å². The van der Waals surface area contributed by atoms with Crippen LogP contribution in [0, 0.1) is 0 Å². The lowest BCUT2D eigenvalue weighted by molar-refractivity contribution is -0.00117. The van der Waals surface area contributed by atoms with Crippen LogP contribution in [0.2, 0.25) is 0 Å². The molecule has 1 aromatic carbocycles. The van der Waals surface area contributed by atoms with Gasteiger partial charge in [0.2, 0.25) is 0 Å². The third-order valence-electron chi connectivity index (χ3n) is 3.73. The lowest BCUT2D eigenvalue weighted by atomic mass is 10.2. The number of nitrogens with one attached hydrogen (secondary N) is 1. The largest absolute Gasteiger partial charge is 0.389 e. The van der Waals surface area contributed by atoms with Crippen molar-refractivity contribution < 1.29 is 9.84 Å². The summed E-state index contributed by atoms with van der Waals surface area (Å²) in [6, 6.07) is 8.16. The van der Waals surface area contributed by atoms with Gasteiger partial charge in [0.1, 0.15) is 0 Å². The monoisotopic (exact) mass is 278 g/mol. The average molecular weight is 278 g/mol. The van der Waals surface area contributed by atoms with E-state index in [1.807, 2.05) is 26.2 Å². The molecule has 0 saturated heterocycles. The average Bonchev–Trinajstić information content (AvgIpc) is 2.96. The second kappa shape index (κ2) is 7.50. The molecule has 0 aliphatic heterocycles. The smallest absolute Gasteiger partial charge is 0.0945 e. The summed E-state index contributed by atoms with van der Waals surface area (Å²) in [6.07, 6.45) is 4.71. The highest BCUT2D eigenvalue weighted by Gasteiger charge is 2.16. The highest BCUT2D eigenvalue weighted by Crippen LogP contribution is 2.21. The molecule has 0 radical (unpaired) electrons. The minimum absolute atomic E-state index is 0.363. The zero-order valence-corrected chi connectivity index (χ0v) is 12.5. The van der Waals surface area contributed by atoms with E-state index in [0.717, 1.165) is 24.2 Å². The summed E-state index contributed by atoms with van der Waals surface area (Å²) < 4.78 is 5.72. The van der Waals surface area contributed by atoms with Gasteiger partial charge in [-0.05, 0) is 31.0 Å². The highest BCUT2D eigenvalue weighted by atomic mass is 16.5. The second-order valence-corrected chi connectivity index (χ2v) is 5.72. The van der Waals surface area contributed by atoms with Gasteiger partial charge in [0.25, 0.3) is 0 Å². The van der Waals surface area contributed by atoms with E-state index in [9.17, 15) is 5.11 Å². The van der Waals surface area contributed by atoms with Gasteiger partial charge in [-0.25, -0.2) is 0 Å². The van der Waals surface area contributed by atoms with E-state index < -0.39 is 6.10 Å². The van der Waals surface area contributed by atoms with Crippen LogP contribution in [0.3, 0.4) is 0 Å². The Labute approximate surface area is 121 Å². The first-order chi connectivity index (χ1) is 9.65. The van der Waals surface area contributed by atoms with Gasteiger partial charge in [0.15, 0.2) is 0 Å². The van der Waals surface area contributed by atoms with Crippen LogP contribution in [-0.4, -0.2) is 44.6 Å². The summed E-state index contributed by atoms with van der Waals surface area (Å²) in [4.78, 5) is 2.06. The molecule has 0 amide bonds. The number of aliphatic hydroxyl groups excluding tert-OH is 1. The van der Waals surface area contributed by atoms with Crippen LogP contribution in [-0.2, 0) is 4.74 Å². The number of anilines is 2. The topological polar surface area (TPSA) is 44.7 Å². The molecule has 0 aromatic heterocycles. The highest BCUT2D eigenvalue weighted by molar-refractivity contribution is 5.57. The van der Waals surface area contributed by atoms with Crippen LogP contribution >= 0.6 is 0 Å². The Kier molecular flexibility index (Phi) is 5.68. The number of hydrogen-bond donors (Lipinski definition) is 2. The first kappa shape index (κ1) is 15.1. The molecule has 2 rings (SSSR count). The third kappa shape index (κ3) is 4.69. The maximum atomic E-state index is 9.95. The van der Waals surface area contributed by atoms with E-state index in [-0.39, 0.29) is 0 Å². The normalized spacial score (nSPS) is 17.1. The van der Waals surface area contributed by atoms with Gasteiger partial charge in [-0.3, -0.25) is 0 Å². The zero-order chi connectivity index (χ0) is 14.4. The first-order valence-corrected chi connectivity index (χ1v) is 7.46. The van der Waals surface area contributed by atoms with Gasteiger partial charge in [-0.2, -0.15) is 0 Å². The number of aliphatic hydroxyl groups is 1. The molecule has 0 spiro atoms. The molecule has 1 unspecified atom stereocenters. The van der Waals surface area contributed by atoms with Crippen LogP contribution in [0.15, 0.2) is 24.3 Å². The number of ether oxygens (including phenoxy) is 1. The molecule has 4 nitrogen and oxygen atoms in total. The summed E-state index contributed by atoms with van der Waals surface area (Å²) in [5, 5.41) is 13.2. The summed E-state index contributed by atoms with van der Waals surface area (Å²) in [5.41, 5.74) is 2.17. The minimum Gasteiger partial charge on any atom is -0.389 e. The third-order valence-corrected chi connectivity index (χ3v) is 3.73. The molecule has 1 atom stereocenters. The van der Waals surface area contributed by atoms with E-state index in [4.69, 9.17) is 4.74 Å². The Bertz CT molecular complexity index is 403. The Balaban J connectivity index is 1.72. The Morgan fingerprint density at radius 2 is 2.10 bits per heavy atom. The van der Waals surface area contributed by atoms with E-state index in [1.165, 1.54) is 12.8 Å². The van der Waals surface area contributed by atoms with Crippen LogP contribution in [0.4, 0.5) is 11.4 Å². The number of rotatable bonds is 7. The molecule has 2 N–H and O–H groups in total. The minimum atomic E-state index is -0.460. The van der Waals surface area contributed by atoms with Crippen molar-refractivity contribution in [2.75, 3.05) is 37.5 Å². The fraction of sp³-hybridized carbons (Fsp3) is 0.625. The van der Waals surface area contributed by atoms with Crippen molar-refractivity contribution in [1.82, 2.24) is 0 Å². The molecule has 0 bridgehead atoms. The van der Waals surface area contributed by atoms with Gasteiger partial charge in [0.05, 0.1) is 18.8 Å². The van der Waals surface area contributed by atoms with Crippen molar-refractivity contribution in [2.45, 2.75) is 37.9 Å². The number of benzene rings is 1. The Morgan fingerprint density at radius 1 is 1.35 bits per heavy atom. The van der Waals surface area contributed by atoms with Crippen molar-refractivity contribution in [3.63, 3.8) is 0 Å². The fourth-order valence-electron chi connectivity index (χ4n) is 2.49. The van der Waals surface area contributed by atoms with Crippen molar-refractivity contribution in [3.8, 4) is 0 Å². The molecule has 1 aliphatic carbocycles. The molecular weight excluding hydrogens is 252 g/mol. The lowest BCUT2D eigenvalue weighted by Gasteiger charge is -2.18. The fourth-order valence-corrected chi connectivity index (χ4v) is 2.49. The van der Waals surface area contributed by atoms with Gasteiger partial charge in [-0.15, -0.1) is 0 Å². The van der Waals surface area contributed by atoms with E-state index in [1.54, 1.807) is 0 Å². The number of nitrogens with zero attached hydrogens (tertiary/aromatic N) is 1. The standard InChI is InChI=1S/C16H26N2O2/c1-18(2)14-7-5-6-13(10-14)17-11-15(19)12-20-16-8-3-4-9-16/h5-7,10,15-17,19H,3-4,8-9,11-12H2,1-2H3. The Hall–Kier alpha value is -1.26. The molecule has 20 heavy (non-hydrogen) atoms. The van der Waals surface area contributed by atoms with E-state index in [0.29, 0.717) is 19.3 Å². The van der Waals surface area contributed by atoms with Crippen molar-refractivity contribution in [3.05, 3.63) is 24.3 Å². The molecule has 1 fully saturated rings. The maximum absolute atomic E-state index is 9.95. The van der Waals surface area contributed by atoms with Crippen LogP contribution in [0.1, 0.15) is 25.7 Å². The molecule has 1 aliphatic rings. The quantitative estimate of drug-likeness (QED) is 0.804. The van der Waals surface area contributed by atoms with E-state index in [2.05, 4.69) is 22.3 Å². The molecule has 0 heterocycles. The number of hydrogen-bond acceptors (Lipinski definition) is 4. The summed E-state index contributed by atoms with van der Waals surface area (Å²) in [7, 11) is 4.03. The summed E-state index contributed by atoms with van der Waals surface area (Å²) in [5.74, 6) is 0. The zero-order valence-electron chi connectivity index (χ0n) is 12.5. The SMILES string of the molecule is CN(C)c1cccc(NCC(O)COC2CCCC2)c1. The summed E-state index contributed by atoms with van der Waals surface area (Å²) in [6.45, 7) is 0.939. The molecule has 1 aromatic rings. The van der Waals surface area contributed by atoms with Crippen LogP contribution in [0.25, 0.3) is 0 Å². The van der Waals surface area contributed by atoms with Gasteiger partial charge >= 0.3 is 0 Å². The lowest BCUT2D eigenvalue weighted by Crippen LogP contribution is -2.27. The molecule has 1 saturated carbocycles. The van der Waals surface area contributed by atoms with Crippen LogP contribution < -0.4 is 10.2 Å². The molecular formula is C16H26N2O2. The predicted molar refractivity (Wildman–Crippen MR) is 83.5 cm³/mol. The first-order valence-electron chi connectivity index (χ1n) is 7.46. The van der Waals surface area contributed by atoms with Crippen molar-refractivity contribution in [1.29, 1.82) is 0 Å². The van der Waals surface area contributed by atoms with Crippen molar-refractivity contribution >= 4 is 11.4 Å². The molecule has 4 heteroatoms. The summed E-state index contributed by atoms with van der Waals surface area (Å²) >= 11 is 0. The maximum Gasteiger partial charge on any atom is 0.0945 e. The van der Waals surface area contributed by atoms with E-state index >= 15 is 0 Å². The van der Waals surface area contributed by atoms with Gasteiger partial charge < -0.3 is 20.1 Å². The van der Waals surface area contributed by atoms with Gasteiger partial charge in [0, 0.05) is 32.0 Å².